The summed E-state index contributed by atoms with van der Waals surface area (Å²) in [7, 11) is 0. The molecule has 92 valence electrons. The number of hydrogen-bond acceptors (Lipinski definition) is 2. The second kappa shape index (κ2) is 5.93. The molecule has 17 heavy (non-hydrogen) atoms. The fourth-order valence-corrected chi connectivity index (χ4v) is 1.18. The van der Waals surface area contributed by atoms with Gasteiger partial charge in [0.15, 0.2) is 0 Å². The van der Waals surface area contributed by atoms with Crippen LogP contribution in [-0.2, 0) is 4.79 Å². The summed E-state index contributed by atoms with van der Waals surface area (Å²) in [6.07, 6.45) is 0. The molecule has 0 radical (unpaired) electrons. The highest BCUT2D eigenvalue weighted by molar-refractivity contribution is 5.94. The first-order valence-corrected chi connectivity index (χ1v) is 4.98. The van der Waals surface area contributed by atoms with Crippen molar-refractivity contribution in [3.05, 3.63) is 35.4 Å². The quantitative estimate of drug-likeness (QED) is 0.768. The third kappa shape index (κ3) is 4.18. The Bertz CT molecular complexity index is 435. The maximum Gasteiger partial charge on any atom is 0.254 e. The van der Waals surface area contributed by atoms with E-state index in [1.165, 1.54) is 6.92 Å². The second-order valence-electron chi connectivity index (χ2n) is 3.36. The van der Waals surface area contributed by atoms with Crippen LogP contribution in [0.4, 0.5) is 8.78 Å². The van der Waals surface area contributed by atoms with Crippen LogP contribution < -0.4 is 10.6 Å². The van der Waals surface area contributed by atoms with E-state index in [0.717, 1.165) is 12.1 Å². The van der Waals surface area contributed by atoms with Gasteiger partial charge in [-0.25, -0.2) is 8.78 Å². The fourth-order valence-electron chi connectivity index (χ4n) is 1.18. The third-order valence-electron chi connectivity index (χ3n) is 1.96. The molecule has 0 saturated carbocycles. The van der Waals surface area contributed by atoms with Crippen molar-refractivity contribution in [1.29, 1.82) is 0 Å². The first-order chi connectivity index (χ1) is 8.00. The molecule has 0 fully saturated rings. The van der Waals surface area contributed by atoms with Crippen LogP contribution in [0.1, 0.15) is 17.3 Å². The Kier molecular flexibility index (Phi) is 4.56. The molecule has 0 unspecified atom stereocenters. The molecule has 0 aliphatic rings. The van der Waals surface area contributed by atoms with E-state index in [1.807, 2.05) is 0 Å². The zero-order valence-electron chi connectivity index (χ0n) is 9.22. The van der Waals surface area contributed by atoms with Gasteiger partial charge in [0, 0.05) is 26.1 Å². The average Bonchev–Trinajstić information content (AvgIpc) is 2.23. The van der Waals surface area contributed by atoms with Crippen molar-refractivity contribution in [2.75, 3.05) is 13.1 Å². The van der Waals surface area contributed by atoms with Crippen molar-refractivity contribution >= 4 is 11.8 Å². The van der Waals surface area contributed by atoms with E-state index >= 15 is 0 Å². The maximum atomic E-state index is 13.2. The molecule has 0 heterocycles. The molecule has 0 aliphatic heterocycles. The van der Waals surface area contributed by atoms with E-state index in [1.54, 1.807) is 0 Å². The van der Waals surface area contributed by atoms with E-state index in [0.29, 0.717) is 6.07 Å². The fraction of sp³-hybridized carbons (Fsp3) is 0.273. The Labute approximate surface area is 97.0 Å². The lowest BCUT2D eigenvalue weighted by atomic mass is 10.2. The number of benzene rings is 1. The van der Waals surface area contributed by atoms with Crippen LogP contribution in [0.15, 0.2) is 18.2 Å². The van der Waals surface area contributed by atoms with Crippen molar-refractivity contribution < 1.29 is 18.4 Å². The van der Waals surface area contributed by atoms with Gasteiger partial charge in [0.2, 0.25) is 5.91 Å². The number of amides is 2. The van der Waals surface area contributed by atoms with E-state index < -0.39 is 17.5 Å². The SMILES string of the molecule is CC(=O)NCCNC(=O)c1ccc(F)cc1F. The highest BCUT2D eigenvalue weighted by atomic mass is 19.1. The van der Waals surface area contributed by atoms with Gasteiger partial charge < -0.3 is 10.6 Å². The summed E-state index contributed by atoms with van der Waals surface area (Å²) in [5.74, 6) is -2.51. The minimum absolute atomic E-state index is 0.176. The average molecular weight is 242 g/mol. The molecule has 6 heteroatoms. The predicted octanol–water partition coefficient (Wildman–Crippen LogP) is 0.831. The van der Waals surface area contributed by atoms with Crippen LogP contribution in [0.2, 0.25) is 0 Å². The zero-order chi connectivity index (χ0) is 12.8. The molecule has 0 spiro atoms. The topological polar surface area (TPSA) is 58.2 Å². The van der Waals surface area contributed by atoms with Gasteiger partial charge in [0.05, 0.1) is 5.56 Å². The molecule has 0 aliphatic carbocycles. The smallest absolute Gasteiger partial charge is 0.254 e. The van der Waals surface area contributed by atoms with Crippen molar-refractivity contribution in [2.24, 2.45) is 0 Å². The van der Waals surface area contributed by atoms with E-state index in [2.05, 4.69) is 10.6 Å². The molecular weight excluding hydrogens is 230 g/mol. The summed E-state index contributed by atoms with van der Waals surface area (Å²) in [5.41, 5.74) is -0.228. The van der Waals surface area contributed by atoms with Crippen LogP contribution in [-0.4, -0.2) is 24.9 Å². The Balaban J connectivity index is 2.50. The van der Waals surface area contributed by atoms with Crippen molar-refractivity contribution in [2.45, 2.75) is 6.92 Å². The van der Waals surface area contributed by atoms with Crippen LogP contribution >= 0.6 is 0 Å². The number of carbonyl (C=O) groups is 2. The van der Waals surface area contributed by atoms with E-state index in [-0.39, 0.29) is 24.6 Å². The van der Waals surface area contributed by atoms with Gasteiger partial charge in [0.25, 0.3) is 5.91 Å². The van der Waals surface area contributed by atoms with Gasteiger partial charge in [-0.05, 0) is 12.1 Å². The van der Waals surface area contributed by atoms with Gasteiger partial charge in [0.1, 0.15) is 11.6 Å². The van der Waals surface area contributed by atoms with Crippen molar-refractivity contribution in [3.63, 3.8) is 0 Å². The van der Waals surface area contributed by atoms with E-state index in [9.17, 15) is 18.4 Å². The van der Waals surface area contributed by atoms with Crippen LogP contribution in [0.25, 0.3) is 0 Å². The number of halogens is 2. The lowest BCUT2D eigenvalue weighted by Gasteiger charge is -2.06. The van der Waals surface area contributed by atoms with Crippen LogP contribution in [0.3, 0.4) is 0 Å². The summed E-state index contributed by atoms with van der Waals surface area (Å²) in [4.78, 5) is 22.0. The Morgan fingerprint density at radius 3 is 2.41 bits per heavy atom. The normalized spacial score (nSPS) is 9.82. The molecule has 2 amide bonds. The van der Waals surface area contributed by atoms with Crippen molar-refractivity contribution in [3.8, 4) is 0 Å². The van der Waals surface area contributed by atoms with Gasteiger partial charge >= 0.3 is 0 Å². The first-order valence-electron chi connectivity index (χ1n) is 4.98. The molecule has 2 N–H and O–H groups in total. The molecule has 1 aromatic rings. The zero-order valence-corrected chi connectivity index (χ0v) is 9.22. The molecule has 0 saturated heterocycles. The number of nitrogens with one attached hydrogen (secondary N) is 2. The molecule has 4 nitrogen and oxygen atoms in total. The van der Waals surface area contributed by atoms with Crippen molar-refractivity contribution in [1.82, 2.24) is 10.6 Å². The molecule has 0 bridgehead atoms. The molecule has 1 rings (SSSR count). The maximum absolute atomic E-state index is 13.2. The van der Waals surface area contributed by atoms with E-state index in [4.69, 9.17) is 0 Å². The lowest BCUT2D eigenvalue weighted by molar-refractivity contribution is -0.118. The Morgan fingerprint density at radius 1 is 1.18 bits per heavy atom. The lowest BCUT2D eigenvalue weighted by Crippen LogP contribution is -2.34. The largest absolute Gasteiger partial charge is 0.355 e. The molecule has 1 aromatic carbocycles. The van der Waals surface area contributed by atoms with Crippen LogP contribution in [0.5, 0.6) is 0 Å². The monoisotopic (exact) mass is 242 g/mol. The summed E-state index contributed by atoms with van der Waals surface area (Å²) in [6.45, 7) is 1.78. The van der Waals surface area contributed by atoms with Crippen LogP contribution in [0, 0.1) is 11.6 Å². The molecule has 0 atom stereocenters. The molecular formula is C11H12F2N2O2. The summed E-state index contributed by atoms with van der Waals surface area (Å²) < 4.78 is 25.8. The summed E-state index contributed by atoms with van der Waals surface area (Å²) in [5, 5.41) is 4.87. The predicted molar refractivity (Wildman–Crippen MR) is 57.4 cm³/mol. The summed E-state index contributed by atoms with van der Waals surface area (Å²) in [6, 6.07) is 2.72. The standard InChI is InChI=1S/C11H12F2N2O2/c1-7(16)14-4-5-15-11(17)9-3-2-8(12)6-10(9)13/h2-3,6H,4-5H2,1H3,(H,14,16)(H,15,17). The number of rotatable bonds is 4. The third-order valence-corrected chi connectivity index (χ3v) is 1.96. The summed E-state index contributed by atoms with van der Waals surface area (Å²) >= 11 is 0. The highest BCUT2D eigenvalue weighted by Crippen LogP contribution is 2.08. The van der Waals surface area contributed by atoms with Gasteiger partial charge in [-0.2, -0.15) is 0 Å². The van der Waals surface area contributed by atoms with Gasteiger partial charge in [-0.15, -0.1) is 0 Å². The number of hydrogen-bond donors (Lipinski definition) is 2. The first kappa shape index (κ1) is 13.1. The molecule has 0 aromatic heterocycles. The number of carbonyl (C=O) groups excluding carboxylic acids is 2. The minimum atomic E-state index is -0.915. The Hall–Kier alpha value is -1.98. The van der Waals surface area contributed by atoms with Gasteiger partial charge in [-0.1, -0.05) is 0 Å². The Morgan fingerprint density at radius 2 is 1.82 bits per heavy atom. The highest BCUT2D eigenvalue weighted by Gasteiger charge is 2.11. The second-order valence-corrected chi connectivity index (χ2v) is 3.36. The minimum Gasteiger partial charge on any atom is -0.355 e. The van der Waals surface area contributed by atoms with Gasteiger partial charge in [-0.3, -0.25) is 9.59 Å².